The highest BCUT2D eigenvalue weighted by molar-refractivity contribution is 5.84. The average molecular weight is 380 g/mol. The molecule has 0 aliphatic heterocycles. The normalized spacial score (nSPS) is 11.9. The number of nitrogens with one attached hydrogen (secondary N) is 2. The van der Waals surface area contributed by atoms with Crippen molar-refractivity contribution in [3.05, 3.63) is 29.3 Å². The van der Waals surface area contributed by atoms with Gasteiger partial charge in [0.05, 0.1) is 6.61 Å². The van der Waals surface area contributed by atoms with Gasteiger partial charge in [-0.15, -0.1) is 0 Å². The van der Waals surface area contributed by atoms with Crippen molar-refractivity contribution in [1.82, 2.24) is 10.6 Å². The molecule has 152 valence electrons. The molecule has 1 aromatic carbocycles. The van der Waals surface area contributed by atoms with Gasteiger partial charge in [-0.25, -0.2) is 0 Å². The highest BCUT2D eigenvalue weighted by Gasteiger charge is 2.16. The smallest absolute Gasteiger partial charge is 0.325 e. The minimum atomic E-state index is -0.507. The number of hydrogen-bond donors (Lipinski definition) is 2. The fourth-order valence-electron chi connectivity index (χ4n) is 2.26. The second-order valence-corrected chi connectivity index (χ2v) is 7.17. The lowest BCUT2D eigenvalue weighted by molar-refractivity contribution is -0.153. The van der Waals surface area contributed by atoms with E-state index in [0.717, 1.165) is 23.3 Å². The van der Waals surface area contributed by atoms with Crippen LogP contribution >= 0.6 is 0 Å². The summed E-state index contributed by atoms with van der Waals surface area (Å²) < 4.78 is 16.2. The molecule has 0 spiro atoms. The van der Waals surface area contributed by atoms with Crippen molar-refractivity contribution in [2.75, 3.05) is 33.9 Å². The Kier molecular flexibility index (Phi) is 9.64. The molecule has 2 N–H and O–H groups in total. The Bertz CT molecular complexity index is 624. The average Bonchev–Trinajstić information content (AvgIpc) is 2.58. The number of carbonyl (C=O) groups is 1. The van der Waals surface area contributed by atoms with Crippen LogP contribution in [0.2, 0.25) is 0 Å². The zero-order chi connectivity index (χ0) is 20.3. The van der Waals surface area contributed by atoms with Crippen LogP contribution in [-0.4, -0.2) is 51.4 Å². The molecule has 0 aliphatic carbocycles. The van der Waals surface area contributed by atoms with Gasteiger partial charge >= 0.3 is 5.97 Å². The van der Waals surface area contributed by atoms with Crippen LogP contribution < -0.4 is 15.4 Å². The summed E-state index contributed by atoms with van der Waals surface area (Å²) in [5, 5.41) is 6.15. The highest BCUT2D eigenvalue weighted by Crippen LogP contribution is 2.20. The first-order chi connectivity index (χ1) is 12.7. The highest BCUT2D eigenvalue weighted by atomic mass is 16.6. The van der Waals surface area contributed by atoms with Gasteiger partial charge in [0.2, 0.25) is 0 Å². The predicted octanol–water partition coefficient (Wildman–Crippen LogP) is 2.42. The number of carbonyl (C=O) groups excluding carboxylic acids is 1. The number of hydrogen-bond acceptors (Lipinski definition) is 5. The van der Waals surface area contributed by atoms with E-state index in [1.807, 2.05) is 45.9 Å². The van der Waals surface area contributed by atoms with E-state index in [9.17, 15) is 4.79 Å². The molecule has 0 aliphatic rings. The third kappa shape index (κ3) is 9.84. The third-order valence-corrected chi connectivity index (χ3v) is 3.46. The predicted molar refractivity (Wildman–Crippen MR) is 107 cm³/mol. The Morgan fingerprint density at radius 3 is 2.56 bits per heavy atom. The standard InChI is InChI=1S/C20H33N3O4/c1-15-8-9-16(17(12-15)26-11-7-10-25-6)13-22-19(21-5)23-14-18(24)27-20(2,3)4/h8-9,12H,7,10-11,13-14H2,1-6H3,(H2,21,22,23). The van der Waals surface area contributed by atoms with E-state index < -0.39 is 5.60 Å². The number of ether oxygens (including phenoxy) is 3. The molecular weight excluding hydrogens is 346 g/mol. The van der Waals surface area contributed by atoms with Crippen LogP contribution in [0.5, 0.6) is 5.75 Å². The van der Waals surface area contributed by atoms with Crippen LogP contribution in [0.4, 0.5) is 0 Å². The first kappa shape index (κ1) is 22.8. The van der Waals surface area contributed by atoms with E-state index in [1.165, 1.54) is 0 Å². The topological polar surface area (TPSA) is 81.2 Å². The summed E-state index contributed by atoms with van der Waals surface area (Å²) in [5.74, 6) is 1.02. The molecule has 1 rings (SSSR count). The lowest BCUT2D eigenvalue weighted by atomic mass is 10.1. The fourth-order valence-corrected chi connectivity index (χ4v) is 2.26. The third-order valence-electron chi connectivity index (χ3n) is 3.46. The summed E-state index contributed by atoms with van der Waals surface area (Å²) in [6.07, 6.45) is 0.830. The van der Waals surface area contributed by atoms with Crippen molar-refractivity contribution >= 4 is 11.9 Å². The Labute approximate surface area is 162 Å². The van der Waals surface area contributed by atoms with Crippen LogP contribution in [0.1, 0.15) is 38.3 Å². The fraction of sp³-hybridized carbons (Fsp3) is 0.600. The molecule has 0 aromatic heterocycles. The molecular formula is C20H33N3O4. The number of benzene rings is 1. The number of esters is 1. The van der Waals surface area contributed by atoms with Crippen LogP contribution in [-0.2, 0) is 20.8 Å². The molecule has 0 saturated carbocycles. The molecule has 0 bridgehead atoms. The Hall–Kier alpha value is -2.28. The van der Waals surface area contributed by atoms with Gasteiger partial charge in [0.25, 0.3) is 0 Å². The van der Waals surface area contributed by atoms with Crippen molar-refractivity contribution in [2.45, 2.75) is 46.3 Å². The Morgan fingerprint density at radius 2 is 1.93 bits per heavy atom. The van der Waals surface area contributed by atoms with Gasteiger partial charge in [0.15, 0.2) is 5.96 Å². The SMILES string of the molecule is CN=C(NCC(=O)OC(C)(C)C)NCc1ccc(C)cc1OCCCOC. The lowest BCUT2D eigenvalue weighted by Crippen LogP contribution is -2.41. The summed E-state index contributed by atoms with van der Waals surface area (Å²) in [7, 11) is 3.33. The minimum Gasteiger partial charge on any atom is -0.493 e. The van der Waals surface area contributed by atoms with Gasteiger partial charge in [-0.2, -0.15) is 0 Å². The van der Waals surface area contributed by atoms with Gasteiger partial charge in [0.1, 0.15) is 17.9 Å². The second kappa shape index (κ2) is 11.4. The molecule has 1 aromatic rings. The maximum atomic E-state index is 11.8. The van der Waals surface area contributed by atoms with Crippen LogP contribution in [0.25, 0.3) is 0 Å². The maximum Gasteiger partial charge on any atom is 0.325 e. The molecule has 27 heavy (non-hydrogen) atoms. The van der Waals surface area contributed by atoms with E-state index in [4.69, 9.17) is 14.2 Å². The number of methoxy groups -OCH3 is 1. The number of guanidine groups is 1. The van der Waals surface area contributed by atoms with Crippen molar-refractivity contribution < 1.29 is 19.0 Å². The molecule has 7 nitrogen and oxygen atoms in total. The summed E-state index contributed by atoms with van der Waals surface area (Å²) in [6.45, 7) is 9.37. The van der Waals surface area contributed by atoms with Crippen molar-refractivity contribution in [1.29, 1.82) is 0 Å². The first-order valence-electron chi connectivity index (χ1n) is 9.13. The van der Waals surface area contributed by atoms with Crippen LogP contribution in [0.3, 0.4) is 0 Å². The zero-order valence-electron chi connectivity index (χ0n) is 17.3. The monoisotopic (exact) mass is 379 g/mol. The molecule has 0 unspecified atom stereocenters. The van der Waals surface area contributed by atoms with E-state index >= 15 is 0 Å². The number of aryl methyl sites for hydroxylation is 1. The summed E-state index contributed by atoms with van der Waals surface area (Å²) in [6, 6.07) is 6.08. The minimum absolute atomic E-state index is 0.0468. The van der Waals surface area contributed by atoms with Crippen molar-refractivity contribution in [2.24, 2.45) is 4.99 Å². The van der Waals surface area contributed by atoms with Gasteiger partial charge in [-0.3, -0.25) is 9.79 Å². The summed E-state index contributed by atoms with van der Waals surface area (Å²) >= 11 is 0. The van der Waals surface area contributed by atoms with Gasteiger partial charge in [-0.1, -0.05) is 12.1 Å². The first-order valence-corrected chi connectivity index (χ1v) is 9.13. The quantitative estimate of drug-likeness (QED) is 0.297. The summed E-state index contributed by atoms with van der Waals surface area (Å²) in [5.41, 5.74) is 1.64. The van der Waals surface area contributed by atoms with E-state index in [2.05, 4.69) is 15.6 Å². The Balaban J connectivity index is 2.57. The van der Waals surface area contributed by atoms with E-state index in [1.54, 1.807) is 14.2 Å². The number of nitrogens with zero attached hydrogens (tertiary/aromatic N) is 1. The molecule has 0 atom stereocenters. The number of rotatable bonds is 9. The molecule has 0 radical (unpaired) electrons. The molecule has 0 heterocycles. The molecule has 0 amide bonds. The van der Waals surface area contributed by atoms with Crippen molar-refractivity contribution in [3.63, 3.8) is 0 Å². The zero-order valence-corrected chi connectivity index (χ0v) is 17.3. The maximum absolute atomic E-state index is 11.8. The number of aliphatic imine (C=N–C) groups is 1. The molecule has 0 saturated heterocycles. The van der Waals surface area contributed by atoms with Crippen LogP contribution in [0.15, 0.2) is 23.2 Å². The van der Waals surface area contributed by atoms with Crippen molar-refractivity contribution in [3.8, 4) is 5.75 Å². The largest absolute Gasteiger partial charge is 0.493 e. The molecule has 7 heteroatoms. The van der Waals surface area contributed by atoms with E-state index in [0.29, 0.717) is 25.7 Å². The van der Waals surface area contributed by atoms with Gasteiger partial charge in [-0.05, 0) is 39.3 Å². The lowest BCUT2D eigenvalue weighted by Gasteiger charge is -2.20. The van der Waals surface area contributed by atoms with E-state index in [-0.39, 0.29) is 12.5 Å². The van der Waals surface area contributed by atoms with Gasteiger partial charge < -0.3 is 24.8 Å². The van der Waals surface area contributed by atoms with Crippen LogP contribution in [0, 0.1) is 6.92 Å². The molecule has 0 fully saturated rings. The summed E-state index contributed by atoms with van der Waals surface area (Å²) in [4.78, 5) is 16.0. The second-order valence-electron chi connectivity index (χ2n) is 7.17. The van der Waals surface area contributed by atoms with Gasteiger partial charge in [0, 0.05) is 39.3 Å². The Morgan fingerprint density at radius 1 is 1.19 bits per heavy atom.